The van der Waals surface area contributed by atoms with E-state index in [-0.39, 0.29) is 23.8 Å². The van der Waals surface area contributed by atoms with Gasteiger partial charge in [0.2, 0.25) is 5.91 Å². The Labute approximate surface area is 191 Å². The molecule has 0 spiro atoms. The number of H-pyrrole nitrogens is 1. The molecule has 2 N–H and O–H groups in total. The van der Waals surface area contributed by atoms with E-state index >= 15 is 0 Å². The lowest BCUT2D eigenvalue weighted by Gasteiger charge is -2.32. The Hall–Kier alpha value is -2.35. The molecule has 3 rings (SSSR count). The number of esters is 1. The number of hydrogen-bond donors (Lipinski definition) is 2. The van der Waals surface area contributed by atoms with E-state index < -0.39 is 5.97 Å². The SMILES string of the molecule is Cc1[nH]c(C(=O)N2CCC[C@@H](C(=O)NCCN3CCCCC3)C2)c(C)c1C(=O)OC(C)C. The number of aromatic nitrogens is 1. The van der Waals surface area contributed by atoms with E-state index in [4.69, 9.17) is 4.74 Å². The van der Waals surface area contributed by atoms with E-state index in [0.717, 1.165) is 32.5 Å². The number of ether oxygens (including phenoxy) is 1. The minimum absolute atomic E-state index is 0.0279. The number of nitrogens with one attached hydrogen (secondary N) is 2. The summed E-state index contributed by atoms with van der Waals surface area (Å²) in [5.74, 6) is -0.759. The topological polar surface area (TPSA) is 94.7 Å². The van der Waals surface area contributed by atoms with Gasteiger partial charge in [0.25, 0.3) is 5.91 Å². The molecule has 2 fully saturated rings. The zero-order valence-electron chi connectivity index (χ0n) is 20.0. The summed E-state index contributed by atoms with van der Waals surface area (Å²) in [5, 5.41) is 3.07. The third kappa shape index (κ3) is 5.91. The van der Waals surface area contributed by atoms with Gasteiger partial charge < -0.3 is 24.8 Å². The lowest BCUT2D eigenvalue weighted by atomic mass is 9.96. The second kappa shape index (κ2) is 11.0. The van der Waals surface area contributed by atoms with Crippen LogP contribution < -0.4 is 5.32 Å². The number of amides is 2. The number of aromatic amines is 1. The molecule has 0 unspecified atom stereocenters. The van der Waals surface area contributed by atoms with Crippen molar-refractivity contribution >= 4 is 17.8 Å². The molecule has 1 aromatic rings. The van der Waals surface area contributed by atoms with Crippen LogP contribution in [-0.2, 0) is 9.53 Å². The van der Waals surface area contributed by atoms with Gasteiger partial charge in [-0.1, -0.05) is 6.42 Å². The number of carbonyl (C=O) groups is 3. The van der Waals surface area contributed by atoms with Gasteiger partial charge in [0, 0.05) is 31.9 Å². The van der Waals surface area contributed by atoms with Crippen LogP contribution in [0.2, 0.25) is 0 Å². The zero-order chi connectivity index (χ0) is 23.3. The average Bonchev–Trinajstić information content (AvgIpc) is 3.07. The molecule has 0 radical (unpaired) electrons. The van der Waals surface area contributed by atoms with Gasteiger partial charge in [-0.3, -0.25) is 9.59 Å². The third-order valence-electron chi connectivity index (χ3n) is 6.45. The van der Waals surface area contributed by atoms with Crippen molar-refractivity contribution < 1.29 is 19.1 Å². The Morgan fingerprint density at radius 1 is 1.09 bits per heavy atom. The Morgan fingerprint density at radius 2 is 1.81 bits per heavy atom. The summed E-state index contributed by atoms with van der Waals surface area (Å²) in [6.07, 6.45) is 5.12. The molecule has 0 saturated carbocycles. The molecule has 32 heavy (non-hydrogen) atoms. The van der Waals surface area contributed by atoms with Gasteiger partial charge in [-0.25, -0.2) is 4.79 Å². The summed E-state index contributed by atoms with van der Waals surface area (Å²) in [7, 11) is 0. The maximum Gasteiger partial charge on any atom is 0.340 e. The molecule has 178 valence electrons. The number of likely N-dealkylation sites (tertiary alicyclic amines) is 2. The monoisotopic (exact) mass is 446 g/mol. The van der Waals surface area contributed by atoms with Crippen LogP contribution in [0.1, 0.15) is 78.1 Å². The third-order valence-corrected chi connectivity index (χ3v) is 6.45. The second-order valence-corrected chi connectivity index (χ2v) is 9.36. The molecule has 1 atom stereocenters. The summed E-state index contributed by atoms with van der Waals surface area (Å²) in [6.45, 7) is 11.9. The number of hydrogen-bond acceptors (Lipinski definition) is 5. The van der Waals surface area contributed by atoms with E-state index in [1.807, 2.05) is 0 Å². The first-order chi connectivity index (χ1) is 15.3. The average molecular weight is 447 g/mol. The largest absolute Gasteiger partial charge is 0.459 e. The number of rotatable bonds is 7. The fourth-order valence-corrected chi connectivity index (χ4v) is 4.74. The molecule has 3 heterocycles. The van der Waals surface area contributed by atoms with Crippen LogP contribution >= 0.6 is 0 Å². The van der Waals surface area contributed by atoms with Crippen molar-refractivity contribution in [2.24, 2.45) is 5.92 Å². The second-order valence-electron chi connectivity index (χ2n) is 9.36. The number of aryl methyl sites for hydroxylation is 1. The van der Waals surface area contributed by atoms with Crippen molar-refractivity contribution in [2.45, 2.75) is 65.9 Å². The van der Waals surface area contributed by atoms with E-state index in [2.05, 4.69) is 15.2 Å². The van der Waals surface area contributed by atoms with Crippen LogP contribution in [0.3, 0.4) is 0 Å². The quantitative estimate of drug-likeness (QED) is 0.628. The summed E-state index contributed by atoms with van der Waals surface area (Å²) in [5.41, 5.74) is 2.06. The van der Waals surface area contributed by atoms with Gasteiger partial charge in [-0.05, 0) is 72.0 Å². The zero-order valence-corrected chi connectivity index (χ0v) is 20.0. The Balaban J connectivity index is 1.58. The van der Waals surface area contributed by atoms with Crippen molar-refractivity contribution in [3.63, 3.8) is 0 Å². The number of carbonyl (C=O) groups excluding carboxylic acids is 3. The fourth-order valence-electron chi connectivity index (χ4n) is 4.74. The van der Waals surface area contributed by atoms with Crippen molar-refractivity contribution in [1.82, 2.24) is 20.1 Å². The standard InChI is InChI=1S/C24H38N4O4/c1-16(2)32-24(31)20-17(3)21(26-18(20)4)23(30)28-13-8-9-19(15-28)22(29)25-10-14-27-11-6-5-7-12-27/h16,19,26H,5-15H2,1-4H3,(H,25,29)/t19-/m1/s1. The lowest BCUT2D eigenvalue weighted by Crippen LogP contribution is -2.47. The molecule has 2 amide bonds. The molecule has 2 aliphatic heterocycles. The first-order valence-corrected chi connectivity index (χ1v) is 12.0. The minimum atomic E-state index is -0.421. The molecule has 8 heteroatoms. The molecule has 2 aliphatic rings. The van der Waals surface area contributed by atoms with Gasteiger partial charge in [-0.15, -0.1) is 0 Å². The molecule has 0 bridgehead atoms. The Morgan fingerprint density at radius 3 is 2.50 bits per heavy atom. The highest BCUT2D eigenvalue weighted by Gasteiger charge is 2.32. The van der Waals surface area contributed by atoms with Crippen molar-refractivity contribution in [3.8, 4) is 0 Å². The van der Waals surface area contributed by atoms with Gasteiger partial charge >= 0.3 is 5.97 Å². The van der Waals surface area contributed by atoms with Crippen LogP contribution in [0, 0.1) is 19.8 Å². The Kier molecular flexibility index (Phi) is 8.34. The lowest BCUT2D eigenvalue weighted by molar-refractivity contribution is -0.126. The molecule has 0 aromatic carbocycles. The van der Waals surface area contributed by atoms with Crippen molar-refractivity contribution in [2.75, 3.05) is 39.3 Å². The van der Waals surface area contributed by atoms with E-state index in [1.165, 1.54) is 19.3 Å². The predicted octanol–water partition coefficient (Wildman–Crippen LogP) is 2.65. The normalized spacial score (nSPS) is 19.8. The highest BCUT2D eigenvalue weighted by molar-refractivity contribution is 6.00. The van der Waals surface area contributed by atoms with Crippen LogP contribution in [0.15, 0.2) is 0 Å². The van der Waals surface area contributed by atoms with E-state index in [1.54, 1.807) is 32.6 Å². The van der Waals surface area contributed by atoms with Crippen LogP contribution in [-0.4, -0.2) is 77.9 Å². The predicted molar refractivity (Wildman–Crippen MR) is 123 cm³/mol. The first-order valence-electron chi connectivity index (χ1n) is 12.0. The number of nitrogens with zero attached hydrogens (tertiary/aromatic N) is 2. The Bertz CT molecular complexity index is 826. The van der Waals surface area contributed by atoms with Gasteiger partial charge in [-0.2, -0.15) is 0 Å². The number of piperidine rings is 2. The molecule has 2 saturated heterocycles. The molecule has 0 aliphatic carbocycles. The van der Waals surface area contributed by atoms with Gasteiger partial charge in [0.1, 0.15) is 5.69 Å². The maximum atomic E-state index is 13.2. The fraction of sp³-hybridized carbons (Fsp3) is 0.708. The van der Waals surface area contributed by atoms with Crippen LogP contribution in [0.25, 0.3) is 0 Å². The molecule has 8 nitrogen and oxygen atoms in total. The highest BCUT2D eigenvalue weighted by Crippen LogP contribution is 2.24. The van der Waals surface area contributed by atoms with E-state index in [0.29, 0.717) is 42.1 Å². The van der Waals surface area contributed by atoms with Gasteiger partial charge in [0.05, 0.1) is 17.6 Å². The van der Waals surface area contributed by atoms with E-state index in [9.17, 15) is 14.4 Å². The summed E-state index contributed by atoms with van der Waals surface area (Å²) >= 11 is 0. The van der Waals surface area contributed by atoms with Crippen molar-refractivity contribution in [1.29, 1.82) is 0 Å². The summed E-state index contributed by atoms with van der Waals surface area (Å²) in [6, 6.07) is 0. The molecular weight excluding hydrogens is 408 g/mol. The highest BCUT2D eigenvalue weighted by atomic mass is 16.5. The van der Waals surface area contributed by atoms with Crippen LogP contribution in [0.4, 0.5) is 0 Å². The minimum Gasteiger partial charge on any atom is -0.459 e. The summed E-state index contributed by atoms with van der Waals surface area (Å²) < 4.78 is 5.33. The molecular formula is C24H38N4O4. The first kappa shape index (κ1) is 24.3. The van der Waals surface area contributed by atoms with Crippen LogP contribution in [0.5, 0.6) is 0 Å². The maximum absolute atomic E-state index is 13.2. The van der Waals surface area contributed by atoms with Crippen molar-refractivity contribution in [3.05, 3.63) is 22.5 Å². The smallest absolute Gasteiger partial charge is 0.340 e. The summed E-state index contributed by atoms with van der Waals surface area (Å²) in [4.78, 5) is 45.6. The molecule has 1 aromatic heterocycles. The van der Waals surface area contributed by atoms with Gasteiger partial charge in [0.15, 0.2) is 0 Å².